The van der Waals surface area contributed by atoms with Gasteiger partial charge in [-0.3, -0.25) is 0 Å². The molecule has 10 aromatic rings. The van der Waals surface area contributed by atoms with Crippen LogP contribution >= 0.6 is 0 Å². The summed E-state index contributed by atoms with van der Waals surface area (Å²) in [6, 6.07) is 71.2. The smallest absolute Gasteiger partial charge is 0.135 e. The van der Waals surface area contributed by atoms with Crippen molar-refractivity contribution < 1.29 is 25.8 Å². The van der Waals surface area contributed by atoms with Crippen LogP contribution in [0.3, 0.4) is 0 Å². The first-order chi connectivity index (χ1) is 33.8. The number of para-hydroxylation sites is 4. The maximum atomic E-state index is 6.76. The molecule has 5 heterocycles. The van der Waals surface area contributed by atoms with Gasteiger partial charge in [-0.05, 0) is 103 Å². The van der Waals surface area contributed by atoms with Gasteiger partial charge in [0.05, 0.1) is 0 Å². The van der Waals surface area contributed by atoms with Gasteiger partial charge in [-0.25, -0.2) is 4.98 Å². The fraction of sp³-hybridized carbons (Fsp3) is 0.129. The molecule has 3 aliphatic heterocycles. The number of pyridine rings is 1. The van der Waals surface area contributed by atoms with Crippen LogP contribution in [0.1, 0.15) is 26.3 Å². The van der Waals surface area contributed by atoms with Crippen LogP contribution < -0.4 is 40.2 Å². The first-order valence-electron chi connectivity index (χ1n) is 24.3. The Morgan fingerprint density at radius 2 is 1.15 bits per heavy atom. The second-order valence-corrected chi connectivity index (χ2v) is 29.7. The SMILES string of the molecule is CC(C)(C)c1ccnc(-n2c3[c-]c(Oc4[c-]c(N5[CH-]N(c6cc7c8c(c6)[Si](C)(C)c6ccccc6N8c6ccccc6[Si]7(C)C)c6ccccc65)ccc4)ccc3c3cc(-c4ccccc4)ccc32)c1.[Pt]. The summed E-state index contributed by atoms with van der Waals surface area (Å²) in [5.74, 6) is 2.06. The summed E-state index contributed by atoms with van der Waals surface area (Å²) in [5, 5.41) is 8.14. The van der Waals surface area contributed by atoms with Gasteiger partial charge in [0.15, 0.2) is 0 Å². The van der Waals surface area contributed by atoms with Gasteiger partial charge in [-0.2, -0.15) is 12.1 Å². The van der Waals surface area contributed by atoms with E-state index in [4.69, 9.17) is 9.72 Å². The van der Waals surface area contributed by atoms with Gasteiger partial charge in [-0.1, -0.05) is 143 Å². The van der Waals surface area contributed by atoms with E-state index in [-0.39, 0.29) is 26.5 Å². The molecule has 0 radical (unpaired) electrons. The third kappa shape index (κ3) is 7.09. The van der Waals surface area contributed by atoms with Crippen molar-refractivity contribution in [1.82, 2.24) is 9.55 Å². The molecule has 0 bridgehead atoms. The number of hydrogen-bond acceptors (Lipinski definition) is 5. The van der Waals surface area contributed by atoms with Crippen LogP contribution in [0.4, 0.5) is 39.8 Å². The van der Waals surface area contributed by atoms with Gasteiger partial charge < -0.3 is 24.0 Å². The van der Waals surface area contributed by atoms with Gasteiger partial charge in [-0.15, -0.1) is 48.1 Å². The number of ether oxygens (including phenoxy) is 1. The number of anilines is 7. The molecule has 0 amide bonds. The van der Waals surface area contributed by atoms with E-state index in [1.54, 1.807) is 0 Å². The zero-order chi connectivity index (χ0) is 47.7. The Morgan fingerprint density at radius 3 is 1.83 bits per heavy atom. The molecular formula is C62H52N5OPtSi2-3. The third-order valence-electron chi connectivity index (χ3n) is 15.0. The van der Waals surface area contributed by atoms with Crippen molar-refractivity contribution in [3.05, 3.63) is 206 Å². The van der Waals surface area contributed by atoms with Crippen LogP contribution in [0.15, 0.2) is 182 Å². The largest absolute Gasteiger partial charge is 0.509 e. The van der Waals surface area contributed by atoms with Crippen molar-refractivity contribution in [2.24, 2.45) is 0 Å². The Hall–Kier alpha value is -6.97. The first kappa shape index (κ1) is 45.2. The van der Waals surface area contributed by atoms with Gasteiger partial charge in [0.2, 0.25) is 0 Å². The summed E-state index contributed by atoms with van der Waals surface area (Å²) in [6.07, 6.45) is 1.92. The monoisotopic (exact) mass is 1130 g/mol. The van der Waals surface area contributed by atoms with E-state index in [1.165, 1.54) is 54.6 Å². The normalized spacial score (nSPS) is 14.9. The van der Waals surface area contributed by atoms with Crippen molar-refractivity contribution in [2.45, 2.75) is 52.4 Å². The third-order valence-corrected chi connectivity index (χ3v) is 22.0. The van der Waals surface area contributed by atoms with E-state index in [0.29, 0.717) is 11.5 Å². The Labute approximate surface area is 433 Å². The van der Waals surface area contributed by atoms with Gasteiger partial charge in [0, 0.05) is 78.4 Å². The van der Waals surface area contributed by atoms with E-state index in [2.05, 4.69) is 249 Å². The maximum absolute atomic E-state index is 6.76. The molecule has 2 aromatic heterocycles. The molecule has 0 saturated carbocycles. The van der Waals surface area contributed by atoms with Crippen molar-refractivity contribution in [3.8, 4) is 28.4 Å². The minimum atomic E-state index is -2.15. The van der Waals surface area contributed by atoms with Crippen LogP contribution in [0.2, 0.25) is 26.2 Å². The topological polar surface area (TPSA) is 36.8 Å². The molecule has 352 valence electrons. The molecule has 13 rings (SSSR count). The molecule has 8 aromatic carbocycles. The Bertz CT molecular complexity index is 3680. The Morgan fingerprint density at radius 1 is 0.535 bits per heavy atom. The number of benzene rings is 8. The van der Waals surface area contributed by atoms with E-state index in [1.807, 2.05) is 18.3 Å². The molecule has 0 atom stereocenters. The van der Waals surface area contributed by atoms with Gasteiger partial charge >= 0.3 is 0 Å². The van der Waals surface area contributed by atoms with Gasteiger partial charge in [0.25, 0.3) is 0 Å². The zero-order valence-electron chi connectivity index (χ0n) is 40.9. The number of fused-ring (bicyclic) bond motifs is 8. The summed E-state index contributed by atoms with van der Waals surface area (Å²) >= 11 is 0. The van der Waals surface area contributed by atoms with Crippen LogP contribution in [0.5, 0.6) is 11.5 Å². The van der Waals surface area contributed by atoms with Crippen molar-refractivity contribution in [1.29, 1.82) is 0 Å². The first-order valence-corrected chi connectivity index (χ1v) is 30.3. The number of nitrogens with zero attached hydrogens (tertiary/aromatic N) is 5. The van der Waals surface area contributed by atoms with Crippen LogP contribution in [-0.2, 0) is 26.5 Å². The second kappa shape index (κ2) is 16.6. The van der Waals surface area contributed by atoms with E-state index < -0.39 is 16.1 Å². The second-order valence-electron chi connectivity index (χ2n) is 21.0. The van der Waals surface area contributed by atoms with Crippen LogP contribution in [-0.4, -0.2) is 25.7 Å². The molecule has 0 aliphatic carbocycles. The zero-order valence-corrected chi connectivity index (χ0v) is 45.1. The molecule has 0 N–H and O–H groups in total. The van der Waals surface area contributed by atoms with Crippen LogP contribution in [0, 0.1) is 18.8 Å². The summed E-state index contributed by atoms with van der Waals surface area (Å²) in [5.41, 5.74) is 13.8. The van der Waals surface area contributed by atoms with E-state index in [9.17, 15) is 0 Å². The fourth-order valence-electron chi connectivity index (χ4n) is 11.3. The molecular weight excluding hydrogens is 1080 g/mol. The quantitative estimate of drug-likeness (QED) is 0.123. The molecule has 3 aliphatic rings. The molecule has 71 heavy (non-hydrogen) atoms. The Balaban J connectivity index is 0.00000517. The molecule has 0 saturated heterocycles. The van der Waals surface area contributed by atoms with Crippen molar-refractivity contribution in [2.75, 3.05) is 14.7 Å². The van der Waals surface area contributed by atoms with Crippen molar-refractivity contribution >= 4 is 98.5 Å². The number of hydrogen-bond donors (Lipinski definition) is 0. The van der Waals surface area contributed by atoms with E-state index >= 15 is 0 Å². The Kier molecular flexibility index (Phi) is 10.5. The van der Waals surface area contributed by atoms with Gasteiger partial charge in [0.1, 0.15) is 22.0 Å². The average molecular weight is 1130 g/mol. The molecule has 6 nitrogen and oxygen atoms in total. The molecule has 0 fully saturated rings. The number of rotatable bonds is 6. The summed E-state index contributed by atoms with van der Waals surface area (Å²) in [4.78, 5) is 12.2. The standard InChI is InChI=1S/C62H52N5OSi2.Pt/c1-62(2,3)43-32-33-63-60(35-43)66-50-31-28-42(41-18-9-8-10-19-41)34-49(50)48-30-29-47(39-55(48)66)68-46-21-17-20-44(36-46)64-40-65(52-23-12-11-22-51(52)64)45-37-58-61-59(38-45)70(6,7)57-27-16-14-25-54(57)67(61)53-24-13-15-26-56(53)69(58,4)5;/h8-35,37-38,40H,1-7H3;/q-3;. The number of aromatic nitrogens is 2. The summed E-state index contributed by atoms with van der Waals surface area (Å²) in [7, 11) is -4.30. The fourth-order valence-corrected chi connectivity index (χ4v) is 17.4. The van der Waals surface area contributed by atoms with Crippen molar-refractivity contribution in [3.63, 3.8) is 0 Å². The predicted molar refractivity (Wildman–Crippen MR) is 297 cm³/mol. The summed E-state index contributed by atoms with van der Waals surface area (Å²) < 4.78 is 8.99. The predicted octanol–water partition coefficient (Wildman–Crippen LogP) is 13.7. The molecule has 0 spiro atoms. The minimum absolute atomic E-state index is 0. The van der Waals surface area contributed by atoms with Crippen LogP contribution in [0.25, 0.3) is 38.8 Å². The minimum Gasteiger partial charge on any atom is -0.509 e. The molecule has 9 heteroatoms. The van der Waals surface area contributed by atoms with E-state index in [0.717, 1.165) is 50.2 Å². The molecule has 0 unspecified atom stereocenters. The maximum Gasteiger partial charge on any atom is 0.135 e. The average Bonchev–Trinajstić information content (AvgIpc) is 3.92. The summed E-state index contributed by atoms with van der Waals surface area (Å²) in [6.45, 7) is 19.1.